The van der Waals surface area contributed by atoms with E-state index in [1.807, 2.05) is 38.1 Å². The molecule has 2 heterocycles. The molecule has 0 spiro atoms. The molecule has 0 radical (unpaired) electrons. The number of aromatic nitrogens is 4. The number of carbonyl (C=O) groups excluding carboxylic acids is 1. The van der Waals surface area contributed by atoms with Gasteiger partial charge in [-0.2, -0.15) is 14.6 Å². The van der Waals surface area contributed by atoms with Gasteiger partial charge in [0.15, 0.2) is 0 Å². The lowest BCUT2D eigenvalue weighted by Crippen LogP contribution is -2.12. The molecule has 24 heavy (non-hydrogen) atoms. The zero-order valence-corrected chi connectivity index (χ0v) is 14.3. The predicted molar refractivity (Wildman–Crippen MR) is 92.2 cm³/mol. The number of carbonyl (C=O) groups is 1. The van der Waals surface area contributed by atoms with E-state index in [-0.39, 0.29) is 11.8 Å². The number of benzene rings is 1. The van der Waals surface area contributed by atoms with Crippen molar-refractivity contribution in [1.82, 2.24) is 19.6 Å². The second kappa shape index (κ2) is 5.90. The van der Waals surface area contributed by atoms with Gasteiger partial charge >= 0.3 is 0 Å². The van der Waals surface area contributed by atoms with E-state index in [1.54, 1.807) is 16.3 Å². The van der Waals surface area contributed by atoms with Gasteiger partial charge < -0.3 is 5.32 Å². The van der Waals surface area contributed by atoms with Crippen LogP contribution in [0.25, 0.3) is 5.78 Å². The second-order valence-electron chi connectivity index (χ2n) is 5.99. The summed E-state index contributed by atoms with van der Waals surface area (Å²) in [6, 6.07) is 7.88. The van der Waals surface area contributed by atoms with E-state index in [2.05, 4.69) is 20.4 Å². The molecule has 0 unspecified atom stereocenters. The summed E-state index contributed by atoms with van der Waals surface area (Å²) < 4.78 is 1.76. The molecular weight excluding hydrogens is 322 g/mol. The molecule has 1 aromatic carbocycles. The zero-order valence-electron chi connectivity index (χ0n) is 13.5. The van der Waals surface area contributed by atoms with Gasteiger partial charge in [0.25, 0.3) is 5.78 Å². The topological polar surface area (TPSA) is 72.2 Å². The molecule has 1 N–H and O–H groups in total. The molecule has 1 aliphatic carbocycles. The number of anilines is 1. The van der Waals surface area contributed by atoms with E-state index in [1.165, 1.54) is 6.33 Å². The van der Waals surface area contributed by atoms with Crippen LogP contribution in [0, 0.1) is 19.8 Å². The van der Waals surface area contributed by atoms with E-state index in [0.717, 1.165) is 39.7 Å². The van der Waals surface area contributed by atoms with Crippen LogP contribution in [0.5, 0.6) is 0 Å². The summed E-state index contributed by atoms with van der Waals surface area (Å²) in [5.41, 5.74) is 2.88. The summed E-state index contributed by atoms with van der Waals surface area (Å²) in [6.07, 6.45) is 3.53. The van der Waals surface area contributed by atoms with Crippen molar-refractivity contribution in [3.8, 4) is 0 Å². The molecule has 7 heteroatoms. The zero-order chi connectivity index (χ0) is 16.7. The van der Waals surface area contributed by atoms with Crippen molar-refractivity contribution in [3.05, 3.63) is 41.9 Å². The van der Waals surface area contributed by atoms with E-state index in [9.17, 15) is 4.79 Å². The van der Waals surface area contributed by atoms with Gasteiger partial charge in [-0.1, -0.05) is 11.8 Å². The van der Waals surface area contributed by atoms with Gasteiger partial charge in [0.1, 0.15) is 11.4 Å². The Kier molecular flexibility index (Phi) is 3.72. The summed E-state index contributed by atoms with van der Waals surface area (Å²) in [7, 11) is 0. The minimum Gasteiger partial charge on any atom is -0.326 e. The van der Waals surface area contributed by atoms with Crippen LogP contribution in [0.1, 0.15) is 24.1 Å². The maximum Gasteiger partial charge on any atom is 0.253 e. The van der Waals surface area contributed by atoms with Gasteiger partial charge in [-0.25, -0.2) is 4.98 Å². The molecular formula is C17H17N5OS. The monoisotopic (exact) mass is 339 g/mol. The number of aryl methyl sites for hydroxylation is 1. The molecule has 6 nitrogen and oxygen atoms in total. The van der Waals surface area contributed by atoms with Crippen LogP contribution in [0.3, 0.4) is 0 Å². The molecule has 0 atom stereocenters. The summed E-state index contributed by atoms with van der Waals surface area (Å²) in [4.78, 5) is 21.5. The molecule has 3 aromatic rings. The summed E-state index contributed by atoms with van der Waals surface area (Å²) in [5.74, 6) is 0.941. The first-order chi connectivity index (χ1) is 11.6. The molecule has 0 bridgehead atoms. The Morgan fingerprint density at radius 3 is 2.71 bits per heavy atom. The van der Waals surface area contributed by atoms with Crippen molar-refractivity contribution in [3.63, 3.8) is 0 Å². The third-order valence-corrected chi connectivity index (χ3v) is 5.32. The van der Waals surface area contributed by atoms with Crippen LogP contribution in [-0.4, -0.2) is 25.5 Å². The second-order valence-corrected chi connectivity index (χ2v) is 7.05. The molecule has 122 valence electrons. The Bertz CT molecular complexity index is 915. The van der Waals surface area contributed by atoms with Crippen LogP contribution in [0.4, 0.5) is 5.69 Å². The van der Waals surface area contributed by atoms with Gasteiger partial charge in [-0.05, 0) is 51.0 Å². The van der Waals surface area contributed by atoms with Crippen molar-refractivity contribution in [1.29, 1.82) is 0 Å². The molecule has 1 aliphatic rings. The van der Waals surface area contributed by atoms with Crippen molar-refractivity contribution in [2.75, 3.05) is 5.32 Å². The molecule has 1 fully saturated rings. The lowest BCUT2D eigenvalue weighted by molar-refractivity contribution is -0.117. The van der Waals surface area contributed by atoms with Crippen molar-refractivity contribution in [2.24, 2.45) is 5.92 Å². The number of nitrogens with one attached hydrogen (secondary N) is 1. The molecule has 4 rings (SSSR count). The summed E-state index contributed by atoms with van der Waals surface area (Å²) >= 11 is 1.62. The highest BCUT2D eigenvalue weighted by molar-refractivity contribution is 7.99. The van der Waals surface area contributed by atoms with E-state index in [4.69, 9.17) is 0 Å². The van der Waals surface area contributed by atoms with Crippen LogP contribution >= 0.6 is 11.8 Å². The number of nitrogens with zero attached hydrogens (tertiary/aromatic N) is 4. The third-order valence-electron chi connectivity index (χ3n) is 4.14. The molecule has 1 amide bonds. The van der Waals surface area contributed by atoms with Crippen LogP contribution in [0.15, 0.2) is 40.5 Å². The molecule has 0 saturated heterocycles. The van der Waals surface area contributed by atoms with Gasteiger partial charge in [0.05, 0.1) is 0 Å². The number of fused-ring (bicyclic) bond motifs is 1. The average molecular weight is 339 g/mol. The van der Waals surface area contributed by atoms with E-state index < -0.39 is 0 Å². The lowest BCUT2D eigenvalue weighted by Gasteiger charge is -2.10. The fourth-order valence-corrected chi connectivity index (χ4v) is 3.44. The smallest absolute Gasteiger partial charge is 0.253 e. The highest BCUT2D eigenvalue weighted by Crippen LogP contribution is 2.33. The normalized spacial score (nSPS) is 14.1. The fourth-order valence-electron chi connectivity index (χ4n) is 2.43. The lowest BCUT2D eigenvalue weighted by atomic mass is 10.3. The SMILES string of the molecule is Cc1nc2ncnn2c(Sc2ccc(NC(=O)C3CC3)cc2)c1C. The number of rotatable bonds is 4. The number of hydrogen-bond acceptors (Lipinski definition) is 5. The van der Waals surface area contributed by atoms with Crippen molar-refractivity contribution >= 4 is 29.1 Å². The highest BCUT2D eigenvalue weighted by Gasteiger charge is 2.29. The standard InChI is InChI=1S/C17H17N5OS/c1-10-11(2)20-17-18-9-19-22(17)16(10)24-14-7-5-13(6-8-14)21-15(23)12-3-4-12/h5-9,12H,3-4H2,1-2H3,(H,21,23). The molecule has 0 aliphatic heterocycles. The minimum atomic E-state index is 0.125. The van der Waals surface area contributed by atoms with Crippen LogP contribution in [0.2, 0.25) is 0 Å². The van der Waals surface area contributed by atoms with Gasteiger partial charge in [0.2, 0.25) is 5.91 Å². The average Bonchev–Trinajstić information content (AvgIpc) is 3.33. The van der Waals surface area contributed by atoms with Crippen molar-refractivity contribution < 1.29 is 4.79 Å². The van der Waals surface area contributed by atoms with Gasteiger partial charge in [0, 0.05) is 27.8 Å². The van der Waals surface area contributed by atoms with E-state index in [0.29, 0.717) is 5.78 Å². The maximum absolute atomic E-state index is 11.8. The Labute approximate surface area is 143 Å². The minimum absolute atomic E-state index is 0.125. The number of hydrogen-bond donors (Lipinski definition) is 1. The van der Waals surface area contributed by atoms with Crippen LogP contribution in [-0.2, 0) is 4.79 Å². The van der Waals surface area contributed by atoms with Crippen molar-refractivity contribution in [2.45, 2.75) is 36.6 Å². The first-order valence-corrected chi connectivity index (χ1v) is 8.69. The first kappa shape index (κ1) is 15.1. The molecule has 1 saturated carbocycles. The maximum atomic E-state index is 11.8. The summed E-state index contributed by atoms with van der Waals surface area (Å²) in [5, 5.41) is 8.22. The summed E-state index contributed by atoms with van der Waals surface area (Å²) in [6.45, 7) is 4.01. The Morgan fingerprint density at radius 1 is 1.25 bits per heavy atom. The predicted octanol–water partition coefficient (Wildman–Crippen LogP) is 3.24. The Balaban J connectivity index is 1.58. The third kappa shape index (κ3) is 2.87. The largest absolute Gasteiger partial charge is 0.326 e. The van der Waals surface area contributed by atoms with Gasteiger partial charge in [-0.3, -0.25) is 4.79 Å². The van der Waals surface area contributed by atoms with E-state index >= 15 is 0 Å². The first-order valence-electron chi connectivity index (χ1n) is 7.87. The Morgan fingerprint density at radius 2 is 2.00 bits per heavy atom. The Hall–Kier alpha value is -2.41. The number of amides is 1. The highest BCUT2D eigenvalue weighted by atomic mass is 32.2. The quantitative estimate of drug-likeness (QED) is 0.739. The molecule has 2 aromatic heterocycles. The fraction of sp³-hybridized carbons (Fsp3) is 0.294. The van der Waals surface area contributed by atoms with Crippen LogP contribution < -0.4 is 5.32 Å². The van der Waals surface area contributed by atoms with Gasteiger partial charge in [-0.15, -0.1) is 0 Å².